The lowest BCUT2D eigenvalue weighted by Crippen LogP contribution is -2.59. The molecule has 0 amide bonds. The molecular weight excluding hydrogens is 198 g/mol. The van der Waals surface area contributed by atoms with Crippen LogP contribution in [0, 0.1) is 0 Å². The van der Waals surface area contributed by atoms with E-state index in [1.807, 2.05) is 0 Å². The van der Waals surface area contributed by atoms with E-state index in [1.54, 1.807) is 0 Å². The molecule has 3 nitrogen and oxygen atoms in total. The van der Waals surface area contributed by atoms with Crippen molar-refractivity contribution in [1.82, 2.24) is 9.80 Å². The van der Waals surface area contributed by atoms with E-state index in [0.717, 1.165) is 0 Å². The Morgan fingerprint density at radius 3 is 2.19 bits per heavy atom. The molecule has 0 saturated heterocycles. The average Bonchev–Trinajstić information content (AvgIpc) is 2.57. The molecule has 2 unspecified atom stereocenters. The third-order valence-electron chi connectivity index (χ3n) is 4.87. The zero-order chi connectivity index (χ0) is 11.8. The van der Waals surface area contributed by atoms with Crippen LogP contribution in [0.3, 0.4) is 0 Å². The van der Waals surface area contributed by atoms with Gasteiger partial charge in [0.1, 0.15) is 0 Å². The van der Waals surface area contributed by atoms with Crippen LogP contribution in [0.25, 0.3) is 0 Å². The van der Waals surface area contributed by atoms with Crippen molar-refractivity contribution in [2.24, 2.45) is 5.73 Å². The molecule has 94 valence electrons. The Hall–Kier alpha value is -0.120. The van der Waals surface area contributed by atoms with Gasteiger partial charge >= 0.3 is 0 Å². The lowest BCUT2D eigenvalue weighted by molar-refractivity contribution is 0.0151. The minimum atomic E-state index is 0.407. The van der Waals surface area contributed by atoms with Gasteiger partial charge in [-0.1, -0.05) is 6.42 Å². The van der Waals surface area contributed by atoms with Crippen molar-refractivity contribution in [2.75, 3.05) is 27.7 Å². The van der Waals surface area contributed by atoms with Crippen LogP contribution >= 0.6 is 0 Å². The molecule has 16 heavy (non-hydrogen) atoms. The van der Waals surface area contributed by atoms with Gasteiger partial charge in [0, 0.05) is 24.2 Å². The highest BCUT2D eigenvalue weighted by Crippen LogP contribution is 2.37. The van der Waals surface area contributed by atoms with Gasteiger partial charge < -0.3 is 15.5 Å². The Balaban J connectivity index is 1.93. The summed E-state index contributed by atoms with van der Waals surface area (Å²) in [6, 6.07) is 1.03. The summed E-state index contributed by atoms with van der Waals surface area (Å²) >= 11 is 0. The predicted molar refractivity (Wildman–Crippen MR) is 68.5 cm³/mol. The number of rotatable bonds is 4. The first-order valence-corrected chi connectivity index (χ1v) is 6.68. The zero-order valence-corrected chi connectivity index (χ0v) is 11.1. The van der Waals surface area contributed by atoms with E-state index in [-0.39, 0.29) is 0 Å². The molecule has 2 atom stereocenters. The first-order valence-electron chi connectivity index (χ1n) is 6.68. The van der Waals surface area contributed by atoms with Gasteiger partial charge in [-0.15, -0.1) is 0 Å². The second-order valence-electron chi connectivity index (χ2n) is 6.05. The van der Waals surface area contributed by atoms with Crippen LogP contribution in [0.5, 0.6) is 0 Å². The third kappa shape index (κ3) is 2.13. The predicted octanol–water partition coefficient (Wildman–Crippen LogP) is 1.28. The Bertz CT molecular complexity index is 235. The highest BCUT2D eigenvalue weighted by molar-refractivity contribution is 5.00. The van der Waals surface area contributed by atoms with E-state index in [2.05, 4.69) is 30.9 Å². The summed E-state index contributed by atoms with van der Waals surface area (Å²) < 4.78 is 0. The smallest absolute Gasteiger partial charge is 0.0330 e. The normalized spacial score (nSPS) is 33.4. The average molecular weight is 225 g/mol. The van der Waals surface area contributed by atoms with Crippen LogP contribution < -0.4 is 5.73 Å². The second kappa shape index (κ2) is 4.63. The highest BCUT2D eigenvalue weighted by Gasteiger charge is 2.41. The lowest BCUT2D eigenvalue weighted by atomic mass is 9.75. The summed E-state index contributed by atoms with van der Waals surface area (Å²) in [5, 5.41) is 0. The van der Waals surface area contributed by atoms with Gasteiger partial charge in [0.05, 0.1) is 0 Å². The summed E-state index contributed by atoms with van der Waals surface area (Å²) in [7, 11) is 6.71. The van der Waals surface area contributed by atoms with Crippen LogP contribution in [-0.2, 0) is 0 Å². The molecule has 2 aliphatic carbocycles. The van der Waals surface area contributed by atoms with Gasteiger partial charge in [0.15, 0.2) is 0 Å². The maximum absolute atomic E-state index is 6.18. The van der Waals surface area contributed by atoms with Gasteiger partial charge in [-0.3, -0.25) is 0 Å². The highest BCUT2D eigenvalue weighted by atomic mass is 15.2. The molecule has 0 spiro atoms. The summed E-state index contributed by atoms with van der Waals surface area (Å²) in [6.45, 7) is 1.19. The second-order valence-corrected chi connectivity index (χ2v) is 6.05. The largest absolute Gasteiger partial charge is 0.326 e. The van der Waals surface area contributed by atoms with Crippen molar-refractivity contribution in [3.05, 3.63) is 0 Å². The van der Waals surface area contributed by atoms with Crippen LogP contribution in [-0.4, -0.2) is 55.1 Å². The SMILES string of the molecule is CN(CC1(N(C)C)CCC1)C1CCCC1N. The summed E-state index contributed by atoms with van der Waals surface area (Å²) in [5.41, 5.74) is 6.62. The molecular formula is C13H27N3. The van der Waals surface area contributed by atoms with Gasteiger partial charge in [0.2, 0.25) is 0 Å². The van der Waals surface area contributed by atoms with Crippen molar-refractivity contribution >= 4 is 0 Å². The minimum absolute atomic E-state index is 0.407. The molecule has 0 aromatic heterocycles. The van der Waals surface area contributed by atoms with Crippen molar-refractivity contribution in [2.45, 2.75) is 56.1 Å². The number of nitrogens with two attached hydrogens (primary N) is 1. The van der Waals surface area contributed by atoms with E-state index >= 15 is 0 Å². The Kier molecular flexibility index (Phi) is 3.57. The maximum Gasteiger partial charge on any atom is 0.0330 e. The molecule has 0 aromatic rings. The zero-order valence-electron chi connectivity index (χ0n) is 11.1. The summed E-state index contributed by atoms with van der Waals surface area (Å²) in [6.07, 6.45) is 7.91. The molecule has 2 N–H and O–H groups in total. The molecule has 0 bridgehead atoms. The van der Waals surface area contributed by atoms with Crippen molar-refractivity contribution in [3.8, 4) is 0 Å². The van der Waals surface area contributed by atoms with Crippen LogP contribution in [0.1, 0.15) is 38.5 Å². The van der Waals surface area contributed by atoms with Gasteiger partial charge in [-0.25, -0.2) is 0 Å². The molecule has 0 radical (unpaired) electrons. The van der Waals surface area contributed by atoms with E-state index < -0.39 is 0 Å². The molecule has 0 aliphatic heterocycles. The maximum atomic E-state index is 6.18. The first kappa shape index (κ1) is 12.3. The number of hydrogen-bond acceptors (Lipinski definition) is 3. The quantitative estimate of drug-likeness (QED) is 0.782. The van der Waals surface area contributed by atoms with Gasteiger partial charge in [-0.05, 0) is 53.2 Å². The van der Waals surface area contributed by atoms with E-state index in [1.165, 1.54) is 45.1 Å². The molecule has 2 fully saturated rings. The molecule has 2 aliphatic rings. The first-order chi connectivity index (χ1) is 7.55. The van der Waals surface area contributed by atoms with Crippen LogP contribution in [0.2, 0.25) is 0 Å². The minimum Gasteiger partial charge on any atom is -0.326 e. The molecule has 0 heterocycles. The topological polar surface area (TPSA) is 32.5 Å². The Morgan fingerprint density at radius 1 is 1.12 bits per heavy atom. The third-order valence-corrected chi connectivity index (χ3v) is 4.87. The number of likely N-dealkylation sites (N-methyl/N-ethyl adjacent to an activating group) is 2. The van der Waals surface area contributed by atoms with Crippen LogP contribution in [0.4, 0.5) is 0 Å². The van der Waals surface area contributed by atoms with Crippen molar-refractivity contribution < 1.29 is 0 Å². The lowest BCUT2D eigenvalue weighted by Gasteiger charge is -2.50. The Labute approximate surface area is 100.0 Å². The van der Waals surface area contributed by atoms with Gasteiger partial charge in [0.25, 0.3) is 0 Å². The fraction of sp³-hybridized carbons (Fsp3) is 1.00. The fourth-order valence-corrected chi connectivity index (χ4v) is 3.43. The summed E-state index contributed by atoms with van der Waals surface area (Å²) in [5.74, 6) is 0. The van der Waals surface area contributed by atoms with Crippen molar-refractivity contribution in [3.63, 3.8) is 0 Å². The fourth-order valence-electron chi connectivity index (χ4n) is 3.43. The van der Waals surface area contributed by atoms with Crippen molar-refractivity contribution in [1.29, 1.82) is 0 Å². The standard InChI is InChI=1S/C13H27N3/c1-15(2)13(8-5-9-13)10-16(3)12-7-4-6-11(12)14/h11-12H,4-10,14H2,1-3H3. The molecule has 2 rings (SSSR count). The monoisotopic (exact) mass is 225 g/mol. The van der Waals surface area contributed by atoms with E-state index in [9.17, 15) is 0 Å². The van der Waals surface area contributed by atoms with E-state index in [0.29, 0.717) is 17.6 Å². The molecule has 2 saturated carbocycles. The molecule has 0 aromatic carbocycles. The van der Waals surface area contributed by atoms with Crippen LogP contribution in [0.15, 0.2) is 0 Å². The molecule has 3 heteroatoms. The van der Waals surface area contributed by atoms with Gasteiger partial charge in [-0.2, -0.15) is 0 Å². The summed E-state index contributed by atoms with van der Waals surface area (Å²) in [4.78, 5) is 4.95. The van der Waals surface area contributed by atoms with E-state index in [4.69, 9.17) is 5.73 Å². The number of nitrogens with zero attached hydrogens (tertiary/aromatic N) is 2. The number of hydrogen-bond donors (Lipinski definition) is 1. The Morgan fingerprint density at radius 2 is 1.81 bits per heavy atom.